The van der Waals surface area contributed by atoms with Crippen LogP contribution < -0.4 is 0 Å². The zero-order valence-electron chi connectivity index (χ0n) is 22.2. The van der Waals surface area contributed by atoms with Crippen LogP contribution in [0.5, 0.6) is 0 Å². The molecule has 1 spiro atoms. The van der Waals surface area contributed by atoms with E-state index in [0.717, 1.165) is 63.0 Å². The summed E-state index contributed by atoms with van der Waals surface area (Å²) in [6, 6.07) is 22.6. The highest BCUT2D eigenvalue weighted by molar-refractivity contribution is 9.10. The van der Waals surface area contributed by atoms with Crippen LogP contribution in [-0.2, 0) is 11.3 Å². The number of rotatable bonds is 6. The molecule has 3 saturated heterocycles. The lowest BCUT2D eigenvalue weighted by atomic mass is 9.76. The predicted molar refractivity (Wildman–Crippen MR) is 155 cm³/mol. The molecule has 0 N–H and O–H groups in total. The van der Waals surface area contributed by atoms with Crippen LogP contribution in [0, 0.1) is 11.3 Å². The highest BCUT2D eigenvalue weighted by atomic mass is 79.9. The van der Waals surface area contributed by atoms with E-state index >= 15 is 0 Å². The summed E-state index contributed by atoms with van der Waals surface area (Å²) in [5.41, 5.74) is 2.92. The molecule has 3 aliphatic rings. The molecule has 0 aliphatic carbocycles. The van der Waals surface area contributed by atoms with Crippen molar-refractivity contribution >= 4 is 27.7 Å². The molecule has 3 fully saturated rings. The topological polar surface area (TPSA) is 56.8 Å². The number of hydrogen-bond acceptors (Lipinski definition) is 4. The summed E-state index contributed by atoms with van der Waals surface area (Å²) in [4.78, 5) is 37.6. The monoisotopic (exact) mass is 586 g/mol. The number of amides is 2. The van der Waals surface area contributed by atoms with Crippen molar-refractivity contribution in [2.75, 3.05) is 39.3 Å². The van der Waals surface area contributed by atoms with Gasteiger partial charge in [0.2, 0.25) is 5.91 Å². The number of halogens is 1. The van der Waals surface area contributed by atoms with E-state index in [2.05, 4.69) is 73.2 Å². The van der Waals surface area contributed by atoms with Gasteiger partial charge in [0.25, 0.3) is 5.91 Å². The number of hydrogen-bond donors (Lipinski definition) is 0. The molecule has 6 nitrogen and oxygen atoms in total. The molecule has 6 rings (SSSR count). The average Bonchev–Trinajstić information content (AvgIpc) is 3.53. The summed E-state index contributed by atoms with van der Waals surface area (Å²) >= 11 is 3.49. The van der Waals surface area contributed by atoms with Gasteiger partial charge in [-0.25, -0.2) is 0 Å². The van der Waals surface area contributed by atoms with Crippen LogP contribution in [0.25, 0.3) is 0 Å². The lowest BCUT2D eigenvalue weighted by Crippen LogP contribution is -2.46. The van der Waals surface area contributed by atoms with Crippen molar-refractivity contribution < 1.29 is 9.59 Å². The minimum Gasteiger partial charge on any atom is -0.338 e. The Balaban J connectivity index is 1.10. The minimum atomic E-state index is -0.206. The molecule has 2 unspecified atom stereocenters. The zero-order chi connectivity index (χ0) is 26.8. The van der Waals surface area contributed by atoms with Gasteiger partial charge in [-0.2, -0.15) is 0 Å². The molecule has 0 saturated carbocycles. The van der Waals surface area contributed by atoms with E-state index < -0.39 is 0 Å². The molecule has 2 aromatic carbocycles. The Labute approximate surface area is 239 Å². The predicted octanol–water partition coefficient (Wildman–Crippen LogP) is 5.21. The average molecular weight is 588 g/mol. The molecule has 7 heteroatoms. The first-order valence-corrected chi connectivity index (χ1v) is 14.8. The Morgan fingerprint density at radius 2 is 1.67 bits per heavy atom. The van der Waals surface area contributed by atoms with Crippen molar-refractivity contribution in [3.05, 3.63) is 100 Å². The van der Waals surface area contributed by atoms with E-state index in [9.17, 15) is 9.59 Å². The lowest BCUT2D eigenvalue weighted by Gasteiger charge is -2.39. The number of benzene rings is 2. The first-order chi connectivity index (χ1) is 19.0. The van der Waals surface area contributed by atoms with Crippen molar-refractivity contribution in [2.45, 2.75) is 31.7 Å². The molecular weight excluding hydrogens is 552 g/mol. The third kappa shape index (κ3) is 5.52. The number of carbonyl (C=O) groups is 2. The first kappa shape index (κ1) is 26.2. The van der Waals surface area contributed by atoms with Gasteiger partial charge >= 0.3 is 0 Å². The molecule has 1 aromatic heterocycles. The number of nitrogens with zero attached hydrogens (tertiary/aromatic N) is 4. The van der Waals surface area contributed by atoms with Gasteiger partial charge in [0, 0.05) is 55.5 Å². The van der Waals surface area contributed by atoms with E-state index in [1.807, 2.05) is 29.2 Å². The summed E-state index contributed by atoms with van der Waals surface area (Å²) in [6.07, 6.45) is 6.16. The summed E-state index contributed by atoms with van der Waals surface area (Å²) in [5.74, 6) is 1.06. The SMILES string of the molecule is O=C(c1cccnc1)N1CC(CN2CCC3(CC2)CCN(Cc2ccc(Br)cc2)C3=O)C(c2ccccc2)C1. The van der Waals surface area contributed by atoms with E-state index in [1.165, 1.54) is 11.1 Å². The van der Waals surface area contributed by atoms with Crippen LogP contribution in [0.3, 0.4) is 0 Å². The molecule has 0 bridgehead atoms. The van der Waals surface area contributed by atoms with Crippen LogP contribution in [0.4, 0.5) is 0 Å². The van der Waals surface area contributed by atoms with Crippen LogP contribution in [0.15, 0.2) is 83.6 Å². The number of piperidine rings is 1. The standard InChI is InChI=1S/C32H35BrN4O2/c33-28-10-8-24(9-11-28)20-36-18-14-32(31(36)39)12-16-35(17-13-32)21-27-22-37(30(38)26-7-4-15-34-19-26)23-29(27)25-5-2-1-3-6-25/h1-11,15,19,27,29H,12-14,16-18,20-23H2. The lowest BCUT2D eigenvalue weighted by molar-refractivity contribution is -0.139. The quantitative estimate of drug-likeness (QED) is 0.397. The highest BCUT2D eigenvalue weighted by Crippen LogP contribution is 2.43. The van der Waals surface area contributed by atoms with Crippen molar-refractivity contribution in [1.29, 1.82) is 0 Å². The number of likely N-dealkylation sites (tertiary alicyclic amines) is 3. The summed E-state index contributed by atoms with van der Waals surface area (Å²) in [5, 5.41) is 0. The number of carbonyl (C=O) groups excluding carboxylic acids is 2. The van der Waals surface area contributed by atoms with Crippen molar-refractivity contribution in [3.8, 4) is 0 Å². The molecule has 0 radical (unpaired) electrons. The first-order valence-electron chi connectivity index (χ1n) is 14.0. The van der Waals surface area contributed by atoms with Crippen LogP contribution >= 0.6 is 15.9 Å². The fourth-order valence-electron chi connectivity index (χ4n) is 6.78. The van der Waals surface area contributed by atoms with Crippen molar-refractivity contribution in [1.82, 2.24) is 19.7 Å². The van der Waals surface area contributed by atoms with E-state index in [-0.39, 0.29) is 11.3 Å². The van der Waals surface area contributed by atoms with E-state index in [4.69, 9.17) is 0 Å². The van der Waals surface area contributed by atoms with E-state index in [1.54, 1.807) is 12.4 Å². The van der Waals surface area contributed by atoms with Crippen LogP contribution in [0.2, 0.25) is 0 Å². The number of aromatic nitrogens is 1. The Bertz CT molecular complexity index is 1290. The third-order valence-corrected chi connectivity index (χ3v) is 9.59. The fraction of sp³-hybridized carbons (Fsp3) is 0.406. The molecule has 2 amide bonds. The van der Waals surface area contributed by atoms with Crippen LogP contribution in [0.1, 0.15) is 46.7 Å². The molecule has 3 aliphatic heterocycles. The summed E-state index contributed by atoms with van der Waals surface area (Å²) in [6.45, 7) is 5.83. The third-order valence-electron chi connectivity index (χ3n) is 9.06. The summed E-state index contributed by atoms with van der Waals surface area (Å²) in [7, 11) is 0. The van der Waals surface area contributed by atoms with Gasteiger partial charge in [0.05, 0.1) is 11.0 Å². The molecule has 2 atom stereocenters. The molecular formula is C32H35BrN4O2. The fourth-order valence-corrected chi connectivity index (χ4v) is 7.05. The molecule has 39 heavy (non-hydrogen) atoms. The van der Waals surface area contributed by atoms with Gasteiger partial charge in [-0.15, -0.1) is 0 Å². The summed E-state index contributed by atoms with van der Waals surface area (Å²) < 4.78 is 1.06. The number of pyridine rings is 1. The van der Waals surface area contributed by atoms with Gasteiger partial charge in [-0.1, -0.05) is 58.4 Å². The van der Waals surface area contributed by atoms with Crippen molar-refractivity contribution in [3.63, 3.8) is 0 Å². The maximum Gasteiger partial charge on any atom is 0.255 e. The van der Waals surface area contributed by atoms with Gasteiger partial charge in [0.15, 0.2) is 0 Å². The van der Waals surface area contributed by atoms with Gasteiger partial charge in [0.1, 0.15) is 0 Å². The smallest absolute Gasteiger partial charge is 0.255 e. The molecule has 3 aromatic rings. The van der Waals surface area contributed by atoms with Crippen molar-refractivity contribution in [2.24, 2.45) is 11.3 Å². The normalized spacial score (nSPS) is 23.1. The second-order valence-electron chi connectivity index (χ2n) is 11.4. The molecule has 202 valence electrons. The second kappa shape index (κ2) is 11.2. The van der Waals surface area contributed by atoms with Gasteiger partial charge in [-0.3, -0.25) is 14.6 Å². The Morgan fingerprint density at radius 3 is 2.38 bits per heavy atom. The largest absolute Gasteiger partial charge is 0.338 e. The Morgan fingerprint density at radius 1 is 0.923 bits per heavy atom. The Hall–Kier alpha value is -3.03. The second-order valence-corrected chi connectivity index (χ2v) is 12.3. The molecule has 4 heterocycles. The van der Waals surface area contributed by atoms with Crippen LogP contribution in [-0.4, -0.2) is 70.8 Å². The maximum absolute atomic E-state index is 13.5. The van der Waals surface area contributed by atoms with Gasteiger partial charge < -0.3 is 14.7 Å². The minimum absolute atomic E-state index is 0.0616. The highest BCUT2D eigenvalue weighted by Gasteiger charge is 2.48. The Kier molecular flexibility index (Phi) is 7.54. The van der Waals surface area contributed by atoms with E-state index in [0.29, 0.717) is 29.9 Å². The maximum atomic E-state index is 13.5. The zero-order valence-corrected chi connectivity index (χ0v) is 23.8. The van der Waals surface area contributed by atoms with Gasteiger partial charge in [-0.05, 0) is 73.7 Å².